The number of rotatable bonds is 5. The van der Waals surface area contributed by atoms with E-state index in [2.05, 4.69) is 22.5 Å². The van der Waals surface area contributed by atoms with Crippen LogP contribution in [0.4, 0.5) is 4.39 Å². The first-order chi connectivity index (χ1) is 6.13. The Hall–Kier alpha value is -0.770. The second-order valence-corrected chi connectivity index (χ2v) is 3.06. The molecule has 0 aliphatic rings. The minimum absolute atomic E-state index is 0.243. The maximum Gasteiger partial charge on any atom is 0.147 e. The zero-order valence-electron chi connectivity index (χ0n) is 7.64. The average molecular weight is 251 g/mol. The summed E-state index contributed by atoms with van der Waals surface area (Å²) in [5.41, 5.74) is 0. The van der Waals surface area contributed by atoms with Gasteiger partial charge >= 0.3 is 0 Å². The summed E-state index contributed by atoms with van der Waals surface area (Å²) in [5.74, 6) is 0.726. The van der Waals surface area contributed by atoms with Gasteiger partial charge in [0.2, 0.25) is 0 Å². The first-order valence-corrected chi connectivity index (χ1v) is 4.34. The van der Waals surface area contributed by atoms with E-state index in [0.717, 1.165) is 0 Å². The Morgan fingerprint density at radius 3 is 2.38 bits per heavy atom. The fraction of sp³-hybridized carbons (Fsp3) is 0.333. The van der Waals surface area contributed by atoms with Crippen molar-refractivity contribution in [3.8, 4) is 0 Å². The lowest BCUT2D eigenvalue weighted by Crippen LogP contribution is -1.88. The van der Waals surface area contributed by atoms with E-state index in [1.165, 1.54) is 20.3 Å². The molecule has 0 amide bonds. The maximum absolute atomic E-state index is 12.1. The molecule has 0 saturated carbocycles. The lowest BCUT2D eigenvalue weighted by atomic mass is 10.4. The standard InChI is InChI=1S/C9H12BrFO2/c1-7(12-2)4-8(10)5-9(6-11)13-3/h4-5H,1,6H2,2-3H3/b8-4+,9-5+. The largest absolute Gasteiger partial charge is 0.498 e. The van der Waals surface area contributed by atoms with Crippen LogP contribution in [0, 0.1) is 0 Å². The Balaban J connectivity index is 4.41. The van der Waals surface area contributed by atoms with Gasteiger partial charge in [0.15, 0.2) is 0 Å². The molecule has 0 rings (SSSR count). The van der Waals surface area contributed by atoms with Crippen molar-refractivity contribution in [1.29, 1.82) is 0 Å². The number of hydrogen-bond donors (Lipinski definition) is 0. The summed E-state index contributed by atoms with van der Waals surface area (Å²) in [5, 5.41) is 0. The molecule has 0 aromatic carbocycles. The van der Waals surface area contributed by atoms with Crippen LogP contribution in [0.3, 0.4) is 0 Å². The summed E-state index contributed by atoms with van der Waals surface area (Å²) in [4.78, 5) is 0. The highest BCUT2D eigenvalue weighted by Gasteiger charge is 1.96. The second-order valence-electron chi connectivity index (χ2n) is 2.15. The fourth-order valence-corrected chi connectivity index (χ4v) is 1.07. The Morgan fingerprint density at radius 2 is 2.00 bits per heavy atom. The molecule has 2 nitrogen and oxygen atoms in total. The first kappa shape index (κ1) is 12.2. The molecule has 4 heteroatoms. The molecular weight excluding hydrogens is 239 g/mol. The van der Waals surface area contributed by atoms with E-state index in [1.54, 1.807) is 6.08 Å². The van der Waals surface area contributed by atoms with Gasteiger partial charge in [0.05, 0.1) is 14.2 Å². The summed E-state index contributed by atoms with van der Waals surface area (Å²) >= 11 is 3.20. The normalized spacial score (nSPS) is 12.6. The molecule has 74 valence electrons. The molecule has 0 aromatic heterocycles. The predicted molar refractivity (Wildman–Crippen MR) is 54.2 cm³/mol. The molecule has 0 radical (unpaired) electrons. The van der Waals surface area contributed by atoms with Crippen LogP contribution in [0.1, 0.15) is 0 Å². The van der Waals surface area contributed by atoms with Gasteiger partial charge < -0.3 is 9.47 Å². The smallest absolute Gasteiger partial charge is 0.147 e. The van der Waals surface area contributed by atoms with Crippen molar-refractivity contribution in [2.24, 2.45) is 0 Å². The number of allylic oxidation sites excluding steroid dienone is 4. The van der Waals surface area contributed by atoms with Crippen molar-refractivity contribution in [1.82, 2.24) is 0 Å². The Bertz CT molecular complexity index is 228. The van der Waals surface area contributed by atoms with E-state index in [4.69, 9.17) is 9.47 Å². The lowest BCUT2D eigenvalue weighted by Gasteiger charge is -2.00. The van der Waals surface area contributed by atoms with Gasteiger partial charge in [-0.25, -0.2) is 4.39 Å². The van der Waals surface area contributed by atoms with Crippen LogP contribution in [-0.2, 0) is 9.47 Å². The summed E-state index contributed by atoms with van der Waals surface area (Å²) < 4.78 is 22.3. The molecule has 0 fully saturated rings. The van der Waals surface area contributed by atoms with Crippen molar-refractivity contribution < 1.29 is 13.9 Å². The van der Waals surface area contributed by atoms with Gasteiger partial charge in [0, 0.05) is 4.48 Å². The number of hydrogen-bond acceptors (Lipinski definition) is 2. The van der Waals surface area contributed by atoms with Gasteiger partial charge in [-0.2, -0.15) is 0 Å². The van der Waals surface area contributed by atoms with Crippen LogP contribution in [0.15, 0.2) is 34.7 Å². The third-order valence-corrected chi connectivity index (χ3v) is 1.71. The second kappa shape index (κ2) is 6.71. The van der Waals surface area contributed by atoms with Crippen molar-refractivity contribution in [3.63, 3.8) is 0 Å². The summed E-state index contributed by atoms with van der Waals surface area (Å²) in [6.45, 7) is 2.94. The Kier molecular flexibility index (Phi) is 6.32. The van der Waals surface area contributed by atoms with Crippen LogP contribution in [0.5, 0.6) is 0 Å². The van der Waals surface area contributed by atoms with Gasteiger partial charge in [-0.3, -0.25) is 0 Å². The molecule has 0 spiro atoms. The van der Waals surface area contributed by atoms with Crippen LogP contribution in [0.25, 0.3) is 0 Å². The third kappa shape index (κ3) is 5.47. The fourth-order valence-electron chi connectivity index (χ4n) is 0.560. The van der Waals surface area contributed by atoms with Crippen LogP contribution in [-0.4, -0.2) is 20.9 Å². The quantitative estimate of drug-likeness (QED) is 0.552. The maximum atomic E-state index is 12.1. The highest BCUT2D eigenvalue weighted by atomic mass is 79.9. The molecule has 0 heterocycles. The van der Waals surface area contributed by atoms with Gasteiger partial charge in [-0.05, 0) is 12.2 Å². The summed E-state index contributed by atoms with van der Waals surface area (Å²) in [6.07, 6.45) is 3.14. The molecular formula is C9H12BrFO2. The lowest BCUT2D eigenvalue weighted by molar-refractivity contribution is 0.256. The zero-order valence-corrected chi connectivity index (χ0v) is 9.23. The molecule has 0 aliphatic carbocycles. The molecule has 0 atom stereocenters. The SMILES string of the molecule is C=C(/C=C(Br)\C=C(/CF)OC)OC. The topological polar surface area (TPSA) is 18.5 Å². The molecule has 0 aliphatic heterocycles. The van der Waals surface area contributed by atoms with Crippen LogP contribution < -0.4 is 0 Å². The highest BCUT2D eigenvalue weighted by Crippen LogP contribution is 2.13. The highest BCUT2D eigenvalue weighted by molar-refractivity contribution is 9.11. The van der Waals surface area contributed by atoms with Crippen molar-refractivity contribution in [3.05, 3.63) is 34.7 Å². The third-order valence-electron chi connectivity index (χ3n) is 1.25. The number of ether oxygens (including phenoxy) is 2. The Labute approximate surface area is 85.9 Å². The number of alkyl halides is 1. The summed E-state index contributed by atoms with van der Waals surface area (Å²) in [6, 6.07) is 0. The van der Waals surface area contributed by atoms with E-state index in [9.17, 15) is 4.39 Å². The van der Waals surface area contributed by atoms with Crippen molar-refractivity contribution in [2.75, 3.05) is 20.9 Å². The van der Waals surface area contributed by atoms with E-state index in [1.807, 2.05) is 0 Å². The van der Waals surface area contributed by atoms with Gasteiger partial charge in [0.25, 0.3) is 0 Å². The number of methoxy groups -OCH3 is 2. The molecule has 0 saturated heterocycles. The predicted octanol–water partition coefficient (Wildman–Crippen LogP) is 2.93. The van der Waals surface area contributed by atoms with Crippen molar-refractivity contribution >= 4 is 15.9 Å². The minimum atomic E-state index is -0.640. The van der Waals surface area contributed by atoms with E-state index < -0.39 is 6.67 Å². The minimum Gasteiger partial charge on any atom is -0.498 e. The molecule has 0 unspecified atom stereocenters. The number of halogens is 2. The first-order valence-electron chi connectivity index (χ1n) is 3.54. The van der Waals surface area contributed by atoms with Gasteiger partial charge in [0.1, 0.15) is 18.2 Å². The molecule has 13 heavy (non-hydrogen) atoms. The van der Waals surface area contributed by atoms with Gasteiger partial charge in [-0.15, -0.1) is 0 Å². The zero-order chi connectivity index (χ0) is 10.3. The van der Waals surface area contributed by atoms with E-state index in [-0.39, 0.29) is 5.76 Å². The van der Waals surface area contributed by atoms with Gasteiger partial charge in [-0.1, -0.05) is 22.5 Å². The Morgan fingerprint density at radius 1 is 1.38 bits per heavy atom. The van der Waals surface area contributed by atoms with E-state index in [0.29, 0.717) is 10.2 Å². The summed E-state index contributed by atoms with van der Waals surface area (Å²) in [7, 11) is 2.92. The van der Waals surface area contributed by atoms with Crippen LogP contribution >= 0.6 is 15.9 Å². The van der Waals surface area contributed by atoms with Crippen LogP contribution in [0.2, 0.25) is 0 Å². The monoisotopic (exact) mass is 250 g/mol. The molecule has 0 bridgehead atoms. The molecule has 0 N–H and O–H groups in total. The van der Waals surface area contributed by atoms with E-state index >= 15 is 0 Å². The average Bonchev–Trinajstić information content (AvgIpc) is 2.13. The molecule has 0 aromatic rings. The van der Waals surface area contributed by atoms with Crippen molar-refractivity contribution in [2.45, 2.75) is 0 Å².